The molecule has 3 heteroatoms. The molecular weight excluding hydrogens is 188 g/mol. The van der Waals surface area contributed by atoms with Crippen molar-refractivity contribution in [3.05, 3.63) is 42.8 Å². The molecule has 3 nitrogen and oxygen atoms in total. The number of H-pyrrole nitrogens is 1. The first kappa shape index (κ1) is 8.95. The molecule has 1 aliphatic heterocycles. The highest BCUT2D eigenvalue weighted by Crippen LogP contribution is 2.19. The van der Waals surface area contributed by atoms with Gasteiger partial charge in [-0.2, -0.15) is 0 Å². The number of nitrogens with one attached hydrogen (secondary N) is 2. The first-order valence-corrected chi connectivity index (χ1v) is 5.18. The van der Waals surface area contributed by atoms with Gasteiger partial charge in [-0.15, -0.1) is 0 Å². The summed E-state index contributed by atoms with van der Waals surface area (Å²) in [7, 11) is 0. The first-order valence-electron chi connectivity index (χ1n) is 5.18. The zero-order valence-corrected chi connectivity index (χ0v) is 8.36. The Balaban J connectivity index is 1.90. The smallest absolute Gasteiger partial charge is 0.148 e. The van der Waals surface area contributed by atoms with Crippen molar-refractivity contribution < 1.29 is 4.74 Å². The van der Waals surface area contributed by atoms with Gasteiger partial charge in [-0.3, -0.25) is 5.32 Å². The van der Waals surface area contributed by atoms with Crippen molar-refractivity contribution in [1.82, 2.24) is 10.3 Å². The van der Waals surface area contributed by atoms with E-state index in [1.165, 1.54) is 16.5 Å². The third-order valence-electron chi connectivity index (χ3n) is 2.83. The third-order valence-corrected chi connectivity index (χ3v) is 2.83. The minimum absolute atomic E-state index is 0.407. The van der Waals surface area contributed by atoms with E-state index in [4.69, 9.17) is 4.74 Å². The van der Waals surface area contributed by atoms with E-state index in [0.29, 0.717) is 6.04 Å². The zero-order chi connectivity index (χ0) is 10.1. The van der Waals surface area contributed by atoms with Crippen molar-refractivity contribution >= 4 is 10.9 Å². The van der Waals surface area contributed by atoms with Crippen molar-refractivity contribution in [2.24, 2.45) is 0 Å². The van der Waals surface area contributed by atoms with Crippen LogP contribution in [-0.2, 0) is 11.2 Å². The van der Waals surface area contributed by atoms with Gasteiger partial charge in [-0.1, -0.05) is 18.2 Å². The molecule has 1 radical (unpaired) electrons. The summed E-state index contributed by atoms with van der Waals surface area (Å²) in [5.74, 6) is 0. The fraction of sp³-hybridized carbons (Fsp3) is 0.250. The van der Waals surface area contributed by atoms with Crippen LogP contribution in [0.25, 0.3) is 10.9 Å². The molecule has 1 aromatic carbocycles. The largest absolute Gasteiger partial charge is 0.361 e. The van der Waals surface area contributed by atoms with E-state index >= 15 is 0 Å². The normalized spacial score (nSPS) is 21.2. The van der Waals surface area contributed by atoms with Crippen molar-refractivity contribution in [2.45, 2.75) is 12.5 Å². The van der Waals surface area contributed by atoms with Crippen LogP contribution in [0.1, 0.15) is 5.56 Å². The highest BCUT2D eigenvalue weighted by Gasteiger charge is 2.16. The van der Waals surface area contributed by atoms with E-state index in [9.17, 15) is 0 Å². The second-order valence-electron chi connectivity index (χ2n) is 3.88. The van der Waals surface area contributed by atoms with Crippen molar-refractivity contribution in [3.8, 4) is 0 Å². The van der Waals surface area contributed by atoms with Crippen LogP contribution >= 0.6 is 0 Å². The lowest BCUT2D eigenvalue weighted by atomic mass is 10.1. The Morgan fingerprint density at radius 1 is 1.33 bits per heavy atom. The average molecular weight is 201 g/mol. The average Bonchev–Trinajstić information content (AvgIpc) is 2.89. The van der Waals surface area contributed by atoms with Crippen molar-refractivity contribution in [3.63, 3.8) is 0 Å². The Morgan fingerprint density at radius 2 is 2.27 bits per heavy atom. The summed E-state index contributed by atoms with van der Waals surface area (Å²) in [5.41, 5.74) is 2.55. The van der Waals surface area contributed by atoms with Crippen molar-refractivity contribution in [1.29, 1.82) is 0 Å². The fourth-order valence-corrected chi connectivity index (χ4v) is 2.04. The lowest BCUT2D eigenvalue weighted by Gasteiger charge is -2.06. The minimum atomic E-state index is 0.407. The highest BCUT2D eigenvalue weighted by molar-refractivity contribution is 5.83. The molecule has 0 aliphatic carbocycles. The van der Waals surface area contributed by atoms with Crippen LogP contribution in [0.2, 0.25) is 0 Å². The van der Waals surface area contributed by atoms with Crippen LogP contribution in [0.3, 0.4) is 0 Å². The molecule has 1 fully saturated rings. The predicted octanol–water partition coefficient (Wildman–Crippen LogP) is 1.82. The lowest BCUT2D eigenvalue weighted by Crippen LogP contribution is -2.24. The molecule has 15 heavy (non-hydrogen) atoms. The van der Waals surface area contributed by atoms with Gasteiger partial charge in [0.2, 0.25) is 0 Å². The van der Waals surface area contributed by atoms with Crippen LogP contribution in [0.4, 0.5) is 0 Å². The number of ether oxygens (including phenoxy) is 1. The van der Waals surface area contributed by atoms with Crippen LogP contribution in [-0.4, -0.2) is 17.6 Å². The lowest BCUT2D eigenvalue weighted by molar-refractivity contribution is 0.245. The zero-order valence-electron chi connectivity index (χ0n) is 8.36. The Hall–Kier alpha value is -1.32. The summed E-state index contributed by atoms with van der Waals surface area (Å²) in [6, 6.07) is 8.78. The summed E-state index contributed by atoms with van der Waals surface area (Å²) in [4.78, 5) is 3.28. The molecule has 1 atom stereocenters. The fourth-order valence-electron chi connectivity index (χ4n) is 2.04. The third kappa shape index (κ3) is 1.64. The number of fused-ring (bicyclic) bond motifs is 1. The summed E-state index contributed by atoms with van der Waals surface area (Å²) in [6.45, 7) is 2.44. The molecule has 1 aromatic heterocycles. The second-order valence-corrected chi connectivity index (χ2v) is 3.88. The van der Waals surface area contributed by atoms with E-state index < -0.39 is 0 Å². The van der Waals surface area contributed by atoms with Gasteiger partial charge >= 0.3 is 0 Å². The highest BCUT2D eigenvalue weighted by atomic mass is 16.5. The Kier molecular flexibility index (Phi) is 2.19. The number of rotatable bonds is 2. The quantitative estimate of drug-likeness (QED) is 0.777. The molecule has 1 saturated heterocycles. The number of aromatic amines is 1. The number of benzene rings is 1. The summed E-state index contributed by atoms with van der Waals surface area (Å²) < 4.78 is 5.17. The Morgan fingerprint density at radius 3 is 3.13 bits per heavy atom. The molecule has 1 unspecified atom stereocenters. The molecule has 0 bridgehead atoms. The standard InChI is InChI=1S/C12H13N2O/c1-2-4-12-11(3-1)9(6-13-12)5-10-7-15-8-14-10/h1-4,6,8,10,13-14H,5,7H2. The Labute approximate surface area is 88.4 Å². The van der Waals surface area contributed by atoms with Crippen molar-refractivity contribution in [2.75, 3.05) is 6.61 Å². The Bertz CT molecular complexity index is 457. The molecule has 0 saturated carbocycles. The van der Waals surface area contributed by atoms with Gasteiger partial charge in [-0.25, -0.2) is 0 Å². The number of para-hydroxylation sites is 1. The van der Waals surface area contributed by atoms with Gasteiger partial charge in [0.05, 0.1) is 6.61 Å². The molecule has 0 amide bonds. The van der Waals surface area contributed by atoms with E-state index in [-0.39, 0.29) is 0 Å². The van der Waals surface area contributed by atoms with Crippen LogP contribution in [0.5, 0.6) is 0 Å². The minimum Gasteiger partial charge on any atom is -0.361 e. The van der Waals surface area contributed by atoms with Gasteiger partial charge in [0.1, 0.15) is 6.73 Å². The summed E-state index contributed by atoms with van der Waals surface area (Å²) in [5, 5.41) is 4.51. The number of aromatic nitrogens is 1. The van der Waals surface area contributed by atoms with E-state index in [1.807, 2.05) is 6.07 Å². The first-order chi connectivity index (χ1) is 7.43. The maximum atomic E-state index is 5.17. The van der Waals surface area contributed by atoms with Crippen LogP contribution in [0, 0.1) is 6.73 Å². The van der Waals surface area contributed by atoms with Crippen LogP contribution < -0.4 is 5.32 Å². The SMILES string of the molecule is [CH]1NC(Cc2c[nH]c3ccccc23)CO1. The summed E-state index contributed by atoms with van der Waals surface area (Å²) in [6.07, 6.45) is 3.09. The van der Waals surface area contributed by atoms with Gasteiger partial charge in [-0.05, 0) is 18.1 Å². The molecule has 77 valence electrons. The predicted molar refractivity (Wildman–Crippen MR) is 59.2 cm³/mol. The van der Waals surface area contributed by atoms with E-state index in [1.54, 1.807) is 6.73 Å². The van der Waals surface area contributed by atoms with Gasteiger partial charge < -0.3 is 9.72 Å². The molecule has 2 heterocycles. The number of hydrogen-bond acceptors (Lipinski definition) is 2. The van der Waals surface area contributed by atoms with Gasteiger partial charge in [0.25, 0.3) is 0 Å². The topological polar surface area (TPSA) is 37.0 Å². The maximum Gasteiger partial charge on any atom is 0.148 e. The second kappa shape index (κ2) is 3.68. The molecule has 2 aromatic rings. The molecular formula is C12H13N2O. The van der Waals surface area contributed by atoms with Gasteiger partial charge in [0.15, 0.2) is 0 Å². The molecule has 1 aliphatic rings. The van der Waals surface area contributed by atoms with E-state index in [0.717, 1.165) is 13.0 Å². The maximum absolute atomic E-state index is 5.17. The molecule has 3 rings (SSSR count). The van der Waals surface area contributed by atoms with Crippen LogP contribution in [0.15, 0.2) is 30.5 Å². The molecule has 0 spiro atoms. The monoisotopic (exact) mass is 201 g/mol. The summed E-state index contributed by atoms with van der Waals surface area (Å²) >= 11 is 0. The molecule has 2 N–H and O–H groups in total. The van der Waals surface area contributed by atoms with E-state index in [2.05, 4.69) is 34.7 Å². The number of hydrogen-bond donors (Lipinski definition) is 2. The van der Waals surface area contributed by atoms with Gasteiger partial charge in [0, 0.05) is 23.1 Å².